The molecule has 2 fully saturated rings. The fraction of sp³-hybridized carbons (Fsp3) is 1.00. The van der Waals surface area contributed by atoms with Gasteiger partial charge in [-0.3, -0.25) is 0 Å². The van der Waals surface area contributed by atoms with Crippen molar-refractivity contribution in [2.45, 2.75) is 57.0 Å². The Hall–Kier alpha value is -0.120. The van der Waals surface area contributed by atoms with Crippen LogP contribution in [0.2, 0.25) is 0 Å². The lowest BCUT2D eigenvalue weighted by atomic mass is 10.1. The molecule has 2 rings (SSSR count). The van der Waals surface area contributed by atoms with E-state index in [1.165, 1.54) is 19.3 Å². The van der Waals surface area contributed by atoms with Gasteiger partial charge in [-0.15, -0.1) is 0 Å². The number of rotatable bonds is 6. The fourth-order valence-electron chi connectivity index (χ4n) is 1.87. The maximum Gasteiger partial charge on any atom is 0.115 e. The normalized spacial score (nSPS) is 42.0. The Morgan fingerprint density at radius 2 is 1.77 bits per heavy atom. The molecule has 76 valence electrons. The summed E-state index contributed by atoms with van der Waals surface area (Å²) in [6.45, 7) is 2.35. The lowest BCUT2D eigenvalue weighted by Gasteiger charge is -1.92. The Morgan fingerprint density at radius 3 is 2.38 bits per heavy atom. The van der Waals surface area contributed by atoms with Crippen molar-refractivity contribution in [1.82, 2.24) is 0 Å². The molecule has 0 saturated carbocycles. The summed E-state index contributed by atoms with van der Waals surface area (Å²) in [6, 6.07) is 0. The highest BCUT2D eigenvalue weighted by atomic mass is 16.7. The van der Waals surface area contributed by atoms with Gasteiger partial charge in [0.2, 0.25) is 0 Å². The average molecular weight is 186 g/mol. The minimum Gasteiger partial charge on any atom is -0.394 e. The number of epoxide rings is 2. The second kappa shape index (κ2) is 3.95. The van der Waals surface area contributed by atoms with Gasteiger partial charge in [-0.05, 0) is 6.42 Å². The maximum atomic E-state index is 8.77. The van der Waals surface area contributed by atoms with Gasteiger partial charge in [-0.1, -0.05) is 26.2 Å². The van der Waals surface area contributed by atoms with Crippen LogP contribution in [0.5, 0.6) is 0 Å². The monoisotopic (exact) mass is 186 g/mol. The van der Waals surface area contributed by atoms with Gasteiger partial charge >= 0.3 is 0 Å². The van der Waals surface area contributed by atoms with E-state index < -0.39 is 0 Å². The van der Waals surface area contributed by atoms with E-state index in [2.05, 4.69) is 6.92 Å². The summed E-state index contributed by atoms with van der Waals surface area (Å²) in [6.07, 6.45) is 5.97. The lowest BCUT2D eigenvalue weighted by molar-refractivity contribution is 0.239. The molecule has 0 spiro atoms. The van der Waals surface area contributed by atoms with Crippen LogP contribution in [0.15, 0.2) is 0 Å². The molecule has 2 heterocycles. The number of aliphatic hydroxyl groups is 1. The van der Waals surface area contributed by atoms with Crippen LogP contribution >= 0.6 is 0 Å². The number of ether oxygens (including phenoxy) is 2. The molecule has 13 heavy (non-hydrogen) atoms. The van der Waals surface area contributed by atoms with E-state index in [4.69, 9.17) is 14.6 Å². The number of hydrogen-bond acceptors (Lipinski definition) is 3. The van der Waals surface area contributed by atoms with Crippen LogP contribution in [0.1, 0.15) is 32.6 Å². The first-order valence-corrected chi connectivity index (χ1v) is 5.28. The molecule has 1 N–H and O–H groups in total. The molecule has 0 bridgehead atoms. The Bertz CT molecular complexity index is 172. The molecule has 0 radical (unpaired) electrons. The van der Waals surface area contributed by atoms with Crippen molar-refractivity contribution in [2.75, 3.05) is 6.61 Å². The first-order valence-electron chi connectivity index (χ1n) is 5.28. The largest absolute Gasteiger partial charge is 0.394 e. The highest BCUT2D eigenvalue weighted by Crippen LogP contribution is 2.40. The van der Waals surface area contributed by atoms with Crippen LogP contribution < -0.4 is 0 Å². The van der Waals surface area contributed by atoms with Gasteiger partial charge in [-0.2, -0.15) is 0 Å². The van der Waals surface area contributed by atoms with Gasteiger partial charge in [0.25, 0.3) is 0 Å². The van der Waals surface area contributed by atoms with Crippen molar-refractivity contribution in [3.8, 4) is 0 Å². The zero-order chi connectivity index (χ0) is 9.26. The molecule has 2 aliphatic heterocycles. The van der Waals surface area contributed by atoms with Gasteiger partial charge in [-0.25, -0.2) is 0 Å². The molecular formula is C10H18O3. The zero-order valence-electron chi connectivity index (χ0n) is 8.11. The van der Waals surface area contributed by atoms with E-state index >= 15 is 0 Å². The summed E-state index contributed by atoms with van der Waals surface area (Å²) in [7, 11) is 0. The van der Waals surface area contributed by atoms with Gasteiger partial charge in [0.15, 0.2) is 0 Å². The van der Waals surface area contributed by atoms with E-state index in [0.29, 0.717) is 12.2 Å². The summed E-state index contributed by atoms with van der Waals surface area (Å²) < 4.78 is 10.7. The minimum absolute atomic E-state index is 0.0705. The SMILES string of the molecule is CCCCC[C@@H]1O[C@H]1[C@@H]1O[C@H]1CO. The molecule has 0 aromatic carbocycles. The summed E-state index contributed by atoms with van der Waals surface area (Å²) in [5, 5.41) is 8.77. The van der Waals surface area contributed by atoms with Gasteiger partial charge in [0, 0.05) is 0 Å². The van der Waals surface area contributed by atoms with Gasteiger partial charge in [0.05, 0.1) is 12.7 Å². The quantitative estimate of drug-likeness (QED) is 0.499. The van der Waals surface area contributed by atoms with Crippen LogP contribution in [0.25, 0.3) is 0 Å². The van der Waals surface area contributed by atoms with Crippen LogP contribution in [-0.4, -0.2) is 36.1 Å². The van der Waals surface area contributed by atoms with E-state index in [1.807, 2.05) is 0 Å². The standard InChI is InChI=1S/C10H18O3/c1-2-3-4-5-7-9(12-7)10-8(6-11)13-10/h7-11H,2-6H2,1H3/t7-,8-,9+,10+/m0/s1. The van der Waals surface area contributed by atoms with Crippen molar-refractivity contribution in [3.63, 3.8) is 0 Å². The second-order valence-electron chi connectivity index (χ2n) is 3.96. The van der Waals surface area contributed by atoms with Crippen LogP contribution in [-0.2, 0) is 9.47 Å². The van der Waals surface area contributed by atoms with E-state index in [9.17, 15) is 0 Å². The molecule has 2 saturated heterocycles. The molecular weight excluding hydrogens is 168 g/mol. The first-order chi connectivity index (χ1) is 6.36. The van der Waals surface area contributed by atoms with Crippen molar-refractivity contribution in [2.24, 2.45) is 0 Å². The molecule has 0 aliphatic carbocycles. The fourth-order valence-corrected chi connectivity index (χ4v) is 1.87. The highest BCUT2D eigenvalue weighted by Gasteiger charge is 2.56. The Balaban J connectivity index is 1.56. The van der Waals surface area contributed by atoms with Crippen molar-refractivity contribution < 1.29 is 14.6 Å². The highest BCUT2D eigenvalue weighted by molar-refractivity contribution is 5.02. The van der Waals surface area contributed by atoms with Crippen LogP contribution in [0, 0.1) is 0 Å². The van der Waals surface area contributed by atoms with Gasteiger partial charge < -0.3 is 14.6 Å². The third kappa shape index (κ3) is 2.22. The Labute approximate surface area is 79.0 Å². The molecule has 0 unspecified atom stereocenters. The third-order valence-corrected chi connectivity index (χ3v) is 2.84. The summed E-state index contributed by atoms with van der Waals surface area (Å²) in [4.78, 5) is 0. The molecule has 0 aromatic rings. The lowest BCUT2D eigenvalue weighted by Crippen LogP contribution is -2.08. The summed E-state index contributed by atoms with van der Waals surface area (Å²) in [5.74, 6) is 0. The molecule has 2 aliphatic rings. The molecule has 3 heteroatoms. The predicted octanol–water partition coefficient (Wildman–Crippen LogP) is 1.09. The van der Waals surface area contributed by atoms with Crippen molar-refractivity contribution >= 4 is 0 Å². The maximum absolute atomic E-state index is 8.77. The van der Waals surface area contributed by atoms with Crippen molar-refractivity contribution in [3.05, 3.63) is 0 Å². The number of unbranched alkanes of at least 4 members (excludes halogenated alkanes) is 2. The first kappa shape index (κ1) is 9.44. The topological polar surface area (TPSA) is 45.3 Å². The molecule has 0 aromatic heterocycles. The third-order valence-electron chi connectivity index (χ3n) is 2.84. The predicted molar refractivity (Wildman–Crippen MR) is 48.5 cm³/mol. The number of aliphatic hydroxyl groups excluding tert-OH is 1. The molecule has 3 nitrogen and oxygen atoms in total. The smallest absolute Gasteiger partial charge is 0.115 e. The summed E-state index contributed by atoms with van der Waals surface area (Å²) >= 11 is 0. The molecule has 4 atom stereocenters. The van der Waals surface area contributed by atoms with Gasteiger partial charge in [0.1, 0.15) is 18.3 Å². The Kier molecular flexibility index (Phi) is 2.86. The van der Waals surface area contributed by atoms with E-state index in [0.717, 1.165) is 6.42 Å². The minimum atomic E-state index is 0.0705. The Morgan fingerprint density at radius 1 is 1.08 bits per heavy atom. The average Bonchev–Trinajstić information content (AvgIpc) is 2.99. The van der Waals surface area contributed by atoms with Crippen LogP contribution in [0.3, 0.4) is 0 Å². The molecule has 0 amide bonds. The number of hydrogen-bond donors (Lipinski definition) is 1. The second-order valence-corrected chi connectivity index (χ2v) is 3.96. The van der Waals surface area contributed by atoms with Crippen molar-refractivity contribution in [1.29, 1.82) is 0 Å². The zero-order valence-corrected chi connectivity index (χ0v) is 8.11. The van der Waals surface area contributed by atoms with E-state index in [-0.39, 0.29) is 18.8 Å². The van der Waals surface area contributed by atoms with E-state index in [1.54, 1.807) is 0 Å². The van der Waals surface area contributed by atoms with Crippen LogP contribution in [0.4, 0.5) is 0 Å². The summed E-state index contributed by atoms with van der Waals surface area (Å²) in [5.41, 5.74) is 0.